The van der Waals surface area contributed by atoms with Gasteiger partial charge in [0.15, 0.2) is 0 Å². The molecule has 0 atom stereocenters. The second-order valence-electron chi connectivity index (χ2n) is 5.62. The fraction of sp³-hybridized carbons (Fsp3) is 0.500. The number of nitrogens with one attached hydrogen (secondary N) is 1. The minimum Gasteiger partial charge on any atom is -0.347 e. The van der Waals surface area contributed by atoms with Gasteiger partial charge in [-0.25, -0.2) is 12.7 Å². The van der Waals surface area contributed by atoms with Crippen molar-refractivity contribution in [1.82, 2.24) is 9.62 Å². The first-order valence-corrected chi connectivity index (χ1v) is 8.37. The summed E-state index contributed by atoms with van der Waals surface area (Å²) in [6.45, 7) is 5.76. The molecule has 1 aromatic carbocycles. The molecule has 0 saturated heterocycles. The minimum atomic E-state index is -3.69. The first kappa shape index (κ1) is 17.9. The quantitative estimate of drug-likeness (QED) is 0.901. The summed E-state index contributed by atoms with van der Waals surface area (Å²) in [7, 11) is -0.861. The average molecular weight is 333 g/mol. The van der Waals surface area contributed by atoms with Crippen LogP contribution >= 0.6 is 11.6 Å². The molecule has 0 aromatic heterocycles. The molecule has 1 rings (SSSR count). The fourth-order valence-electron chi connectivity index (χ4n) is 1.51. The zero-order valence-electron chi connectivity index (χ0n) is 12.9. The van der Waals surface area contributed by atoms with Gasteiger partial charge in [-0.2, -0.15) is 0 Å². The number of nitrogens with zero attached hydrogens (tertiary/aromatic N) is 1. The van der Waals surface area contributed by atoms with Crippen molar-refractivity contribution in [3.63, 3.8) is 0 Å². The average Bonchev–Trinajstić information content (AvgIpc) is 2.38. The third kappa shape index (κ3) is 4.18. The van der Waals surface area contributed by atoms with E-state index in [1.807, 2.05) is 20.8 Å². The molecule has 0 fully saturated rings. The zero-order valence-corrected chi connectivity index (χ0v) is 14.5. The van der Waals surface area contributed by atoms with Crippen LogP contribution in [0.3, 0.4) is 0 Å². The summed E-state index contributed by atoms with van der Waals surface area (Å²) in [4.78, 5) is 12.1. The lowest BCUT2D eigenvalue weighted by atomic mass is 10.0. The molecule has 118 valence electrons. The Labute approximate surface area is 131 Å². The van der Waals surface area contributed by atoms with E-state index in [1.54, 1.807) is 0 Å². The van der Waals surface area contributed by atoms with Crippen LogP contribution in [-0.2, 0) is 10.0 Å². The van der Waals surface area contributed by atoms with Crippen molar-refractivity contribution in [2.45, 2.75) is 37.6 Å². The molecular weight excluding hydrogens is 312 g/mol. The van der Waals surface area contributed by atoms with Crippen molar-refractivity contribution in [2.24, 2.45) is 0 Å². The van der Waals surface area contributed by atoms with Crippen LogP contribution in [0.15, 0.2) is 23.1 Å². The second kappa shape index (κ2) is 6.34. The Bertz CT molecular complexity index is 640. The van der Waals surface area contributed by atoms with Gasteiger partial charge in [0, 0.05) is 25.2 Å². The van der Waals surface area contributed by atoms with Gasteiger partial charge in [-0.15, -0.1) is 0 Å². The van der Waals surface area contributed by atoms with Crippen LogP contribution in [0.2, 0.25) is 5.02 Å². The van der Waals surface area contributed by atoms with E-state index < -0.39 is 10.0 Å². The molecular formula is C14H21ClN2O3S. The van der Waals surface area contributed by atoms with Crippen molar-refractivity contribution < 1.29 is 13.2 Å². The molecule has 0 aliphatic heterocycles. The van der Waals surface area contributed by atoms with Crippen LogP contribution in [0.4, 0.5) is 0 Å². The summed E-state index contributed by atoms with van der Waals surface area (Å²) in [5, 5.41) is 2.95. The van der Waals surface area contributed by atoms with Gasteiger partial charge >= 0.3 is 0 Å². The highest BCUT2D eigenvalue weighted by atomic mass is 35.5. The van der Waals surface area contributed by atoms with Gasteiger partial charge in [0.25, 0.3) is 5.91 Å². The first-order valence-electron chi connectivity index (χ1n) is 6.56. The molecule has 0 saturated carbocycles. The van der Waals surface area contributed by atoms with E-state index in [9.17, 15) is 13.2 Å². The van der Waals surface area contributed by atoms with Crippen molar-refractivity contribution in [2.75, 3.05) is 14.1 Å². The van der Waals surface area contributed by atoms with Crippen LogP contribution < -0.4 is 5.32 Å². The number of benzene rings is 1. The van der Waals surface area contributed by atoms with Crippen LogP contribution in [-0.4, -0.2) is 38.3 Å². The Morgan fingerprint density at radius 1 is 1.33 bits per heavy atom. The molecule has 0 bridgehead atoms. The third-order valence-electron chi connectivity index (χ3n) is 3.29. The summed E-state index contributed by atoms with van der Waals surface area (Å²) >= 11 is 5.95. The molecule has 5 nitrogen and oxygen atoms in total. The number of halogens is 1. The van der Waals surface area contributed by atoms with E-state index in [2.05, 4.69) is 5.32 Å². The van der Waals surface area contributed by atoms with Gasteiger partial charge in [-0.1, -0.05) is 18.5 Å². The number of carbonyl (C=O) groups excluding carboxylic acids is 1. The molecule has 21 heavy (non-hydrogen) atoms. The highest BCUT2D eigenvalue weighted by Crippen LogP contribution is 2.25. The van der Waals surface area contributed by atoms with Gasteiger partial charge in [-0.3, -0.25) is 4.79 Å². The number of rotatable bonds is 5. The van der Waals surface area contributed by atoms with Crippen molar-refractivity contribution >= 4 is 27.5 Å². The smallest absolute Gasteiger partial charge is 0.251 e. The predicted octanol–water partition coefficient (Wildman–Crippen LogP) is 2.51. The van der Waals surface area contributed by atoms with E-state index in [0.29, 0.717) is 0 Å². The van der Waals surface area contributed by atoms with E-state index >= 15 is 0 Å². The van der Waals surface area contributed by atoms with Gasteiger partial charge in [-0.05, 0) is 38.5 Å². The van der Waals surface area contributed by atoms with Gasteiger partial charge in [0.1, 0.15) is 4.90 Å². The minimum absolute atomic E-state index is 0.0730. The van der Waals surface area contributed by atoms with Crippen molar-refractivity contribution in [3.05, 3.63) is 28.8 Å². The highest BCUT2D eigenvalue weighted by molar-refractivity contribution is 7.89. The number of carbonyl (C=O) groups is 1. The van der Waals surface area contributed by atoms with E-state index in [-0.39, 0.29) is 26.9 Å². The Hall–Kier alpha value is -1.11. The summed E-state index contributed by atoms with van der Waals surface area (Å²) in [6.07, 6.45) is 0.759. The van der Waals surface area contributed by atoms with Crippen molar-refractivity contribution in [1.29, 1.82) is 0 Å². The lowest BCUT2D eigenvalue weighted by Crippen LogP contribution is -2.42. The van der Waals surface area contributed by atoms with Gasteiger partial charge in [0.2, 0.25) is 10.0 Å². The molecule has 0 aliphatic carbocycles. The summed E-state index contributed by atoms with van der Waals surface area (Å²) in [5.74, 6) is -0.325. The van der Waals surface area contributed by atoms with Gasteiger partial charge < -0.3 is 5.32 Å². The normalized spacial score (nSPS) is 12.5. The maximum Gasteiger partial charge on any atom is 0.251 e. The van der Waals surface area contributed by atoms with Crippen molar-refractivity contribution in [3.8, 4) is 0 Å². The highest BCUT2D eigenvalue weighted by Gasteiger charge is 2.24. The number of sulfonamides is 1. The van der Waals surface area contributed by atoms with Crippen LogP contribution in [0, 0.1) is 0 Å². The maximum atomic E-state index is 12.2. The largest absolute Gasteiger partial charge is 0.347 e. The molecule has 0 radical (unpaired) electrons. The lowest BCUT2D eigenvalue weighted by Gasteiger charge is -2.24. The molecule has 0 aliphatic rings. The Kier molecular flexibility index (Phi) is 5.41. The van der Waals surface area contributed by atoms with Crippen LogP contribution in [0.25, 0.3) is 0 Å². The van der Waals surface area contributed by atoms with E-state index in [4.69, 9.17) is 11.6 Å². The Morgan fingerprint density at radius 3 is 2.38 bits per heavy atom. The molecule has 1 amide bonds. The molecule has 0 spiro atoms. The topological polar surface area (TPSA) is 66.5 Å². The Balaban J connectivity index is 3.23. The first-order chi connectivity index (χ1) is 9.51. The standard InChI is InChI=1S/C14H21ClN2O3S/c1-6-14(2,3)16-13(18)10-7-8-11(15)12(9-10)21(19,20)17(4)5/h7-9H,6H2,1-5H3,(H,16,18). The zero-order chi connectivity index (χ0) is 16.4. The predicted molar refractivity (Wildman–Crippen MR) is 84.2 cm³/mol. The molecule has 0 heterocycles. The molecule has 1 aromatic rings. The molecule has 7 heteroatoms. The number of hydrogen-bond donors (Lipinski definition) is 1. The molecule has 1 N–H and O–H groups in total. The van der Waals surface area contributed by atoms with Crippen LogP contribution in [0.5, 0.6) is 0 Å². The number of amides is 1. The summed E-state index contributed by atoms with van der Waals surface area (Å²) in [5.41, 5.74) is -0.0986. The monoisotopic (exact) mass is 332 g/mol. The number of hydrogen-bond acceptors (Lipinski definition) is 3. The van der Waals surface area contributed by atoms with E-state index in [1.165, 1.54) is 32.3 Å². The maximum absolute atomic E-state index is 12.2. The summed E-state index contributed by atoms with van der Waals surface area (Å²) < 4.78 is 25.4. The fourth-order valence-corrected chi connectivity index (χ4v) is 2.90. The SMILES string of the molecule is CCC(C)(C)NC(=O)c1ccc(Cl)c(S(=O)(=O)N(C)C)c1. The van der Waals surface area contributed by atoms with Gasteiger partial charge in [0.05, 0.1) is 5.02 Å². The Morgan fingerprint density at radius 2 is 1.90 bits per heavy atom. The second-order valence-corrected chi connectivity index (χ2v) is 8.15. The third-order valence-corrected chi connectivity index (χ3v) is 5.58. The lowest BCUT2D eigenvalue weighted by molar-refractivity contribution is 0.0911. The molecule has 0 unspecified atom stereocenters. The van der Waals surface area contributed by atoms with Crippen LogP contribution in [0.1, 0.15) is 37.6 Å². The van der Waals surface area contributed by atoms with E-state index in [0.717, 1.165) is 10.7 Å². The summed E-state index contributed by atoms with van der Waals surface area (Å²) in [6, 6.07) is 4.24.